The van der Waals surface area contributed by atoms with Gasteiger partial charge in [-0.05, 0) is 73.1 Å². The summed E-state index contributed by atoms with van der Waals surface area (Å²) in [7, 11) is 3.88. The molecule has 0 aliphatic carbocycles. The number of halogens is 1. The van der Waals surface area contributed by atoms with Gasteiger partial charge in [0.05, 0.1) is 18.7 Å². The standard InChI is InChI=1S/C36H41FN4O2/c1-36(2,24-43-4)35-34(26-9-7-25(8-10-26)33(42)6-5-15-40-18-16-39(3)17-19-40)31-20-27-22-38-23-28(27)21-32(31)41(35)30-13-11-29(37)12-14-30/h7-14,20-21,23H,5-6,15-19,22,24H2,1-4H3. The number of piperazine rings is 1. The maximum absolute atomic E-state index is 14.0. The van der Waals surface area contributed by atoms with Gasteiger partial charge in [0.1, 0.15) is 5.82 Å². The molecular formula is C36H41FN4O2. The molecule has 1 fully saturated rings. The second kappa shape index (κ2) is 12.2. The highest BCUT2D eigenvalue weighted by Gasteiger charge is 2.33. The van der Waals surface area contributed by atoms with Crippen LogP contribution in [0.15, 0.2) is 65.7 Å². The topological polar surface area (TPSA) is 50.1 Å². The van der Waals surface area contributed by atoms with Crippen LogP contribution in [-0.4, -0.2) is 79.9 Å². The highest BCUT2D eigenvalue weighted by Crippen LogP contribution is 2.44. The molecule has 0 saturated carbocycles. The molecule has 0 spiro atoms. The highest BCUT2D eigenvalue weighted by molar-refractivity contribution is 6.04. The van der Waals surface area contributed by atoms with Crippen molar-refractivity contribution in [3.05, 3.63) is 88.9 Å². The van der Waals surface area contributed by atoms with Crippen molar-refractivity contribution < 1.29 is 13.9 Å². The molecule has 6 rings (SSSR count). The monoisotopic (exact) mass is 580 g/mol. The van der Waals surface area contributed by atoms with Crippen LogP contribution in [0.1, 0.15) is 53.9 Å². The Hall–Kier alpha value is -3.65. The van der Waals surface area contributed by atoms with Crippen LogP contribution < -0.4 is 0 Å². The fourth-order valence-electron chi connectivity index (χ4n) is 6.62. The number of hydrogen-bond donors (Lipinski definition) is 0. The number of likely N-dealkylation sites (N-methyl/N-ethyl adjacent to an activating group) is 1. The lowest BCUT2D eigenvalue weighted by Gasteiger charge is -2.32. The first kappa shape index (κ1) is 29.4. The second-order valence-electron chi connectivity index (χ2n) is 12.6. The van der Waals surface area contributed by atoms with Crippen LogP contribution in [0.5, 0.6) is 0 Å². The first-order valence-corrected chi connectivity index (χ1v) is 15.3. The van der Waals surface area contributed by atoms with Gasteiger partial charge in [0.25, 0.3) is 0 Å². The number of fused-ring (bicyclic) bond motifs is 2. The number of carbonyl (C=O) groups is 1. The van der Waals surface area contributed by atoms with E-state index in [-0.39, 0.29) is 17.0 Å². The molecule has 43 heavy (non-hydrogen) atoms. The zero-order valence-corrected chi connectivity index (χ0v) is 25.7. The van der Waals surface area contributed by atoms with Crippen LogP contribution in [0.3, 0.4) is 0 Å². The molecule has 2 aliphatic heterocycles. The van der Waals surface area contributed by atoms with Gasteiger partial charge in [0.15, 0.2) is 5.78 Å². The van der Waals surface area contributed by atoms with Crippen molar-refractivity contribution in [1.29, 1.82) is 0 Å². The number of rotatable bonds is 10. The second-order valence-corrected chi connectivity index (χ2v) is 12.6. The van der Waals surface area contributed by atoms with Gasteiger partial charge < -0.3 is 19.1 Å². The fourth-order valence-corrected chi connectivity index (χ4v) is 6.62. The number of ether oxygens (including phenoxy) is 1. The third-order valence-electron chi connectivity index (χ3n) is 8.92. The van der Waals surface area contributed by atoms with Crippen LogP contribution in [-0.2, 0) is 16.7 Å². The third kappa shape index (κ3) is 5.94. The fraction of sp³-hybridized carbons (Fsp3) is 0.389. The molecule has 0 radical (unpaired) electrons. The number of ketones is 1. The van der Waals surface area contributed by atoms with E-state index in [1.165, 1.54) is 17.7 Å². The predicted molar refractivity (Wildman–Crippen MR) is 172 cm³/mol. The van der Waals surface area contributed by atoms with Gasteiger partial charge in [-0.15, -0.1) is 0 Å². The molecule has 3 aromatic carbocycles. The average Bonchev–Trinajstić information content (AvgIpc) is 3.60. The molecule has 0 bridgehead atoms. The molecule has 0 unspecified atom stereocenters. The number of nitrogens with zero attached hydrogens (tertiary/aromatic N) is 4. The Labute approximate surface area is 253 Å². The van der Waals surface area contributed by atoms with Crippen LogP contribution >= 0.6 is 0 Å². The van der Waals surface area contributed by atoms with Crippen molar-refractivity contribution in [1.82, 2.24) is 14.4 Å². The number of aromatic nitrogens is 1. The molecule has 224 valence electrons. The molecule has 0 atom stereocenters. The summed E-state index contributed by atoms with van der Waals surface area (Å²) in [5.74, 6) is -0.0840. The summed E-state index contributed by atoms with van der Waals surface area (Å²) in [6, 6.07) is 19.2. The van der Waals surface area contributed by atoms with Crippen molar-refractivity contribution in [2.24, 2.45) is 4.99 Å². The van der Waals surface area contributed by atoms with E-state index >= 15 is 0 Å². The number of methoxy groups -OCH3 is 1. The van der Waals surface area contributed by atoms with Gasteiger partial charge >= 0.3 is 0 Å². The Morgan fingerprint density at radius 1 is 1.00 bits per heavy atom. The smallest absolute Gasteiger partial charge is 0.162 e. The number of Topliss-reactive ketones (excluding diaryl/α,β-unsaturated/α-hetero) is 1. The summed E-state index contributed by atoms with van der Waals surface area (Å²) >= 11 is 0. The lowest BCUT2D eigenvalue weighted by molar-refractivity contribution is 0.0967. The summed E-state index contributed by atoms with van der Waals surface area (Å²) in [6.07, 6.45) is 3.35. The van der Waals surface area contributed by atoms with E-state index in [1.807, 2.05) is 30.5 Å². The molecule has 0 amide bonds. The number of aliphatic imine (C=N–C) groups is 1. The van der Waals surface area contributed by atoms with E-state index in [0.29, 0.717) is 19.6 Å². The lowest BCUT2D eigenvalue weighted by atomic mass is 9.84. The van der Waals surface area contributed by atoms with E-state index in [0.717, 1.165) is 83.7 Å². The number of carbonyl (C=O) groups excluding carboxylic acids is 1. The third-order valence-corrected chi connectivity index (χ3v) is 8.92. The number of benzene rings is 3. The quantitative estimate of drug-likeness (QED) is 0.201. The Morgan fingerprint density at radius 2 is 1.72 bits per heavy atom. The minimum Gasteiger partial charge on any atom is -0.384 e. The zero-order chi connectivity index (χ0) is 30.1. The van der Waals surface area contributed by atoms with Crippen molar-refractivity contribution in [2.45, 2.75) is 38.6 Å². The van der Waals surface area contributed by atoms with Gasteiger partial charge in [-0.2, -0.15) is 0 Å². The Kier molecular flexibility index (Phi) is 8.32. The van der Waals surface area contributed by atoms with Crippen molar-refractivity contribution in [3.63, 3.8) is 0 Å². The summed E-state index contributed by atoms with van der Waals surface area (Å²) in [5, 5.41) is 1.11. The molecule has 2 aliphatic rings. The molecule has 1 aromatic heterocycles. The van der Waals surface area contributed by atoms with Gasteiger partial charge in [-0.25, -0.2) is 4.39 Å². The minimum atomic E-state index is -0.381. The maximum atomic E-state index is 14.0. The van der Waals surface area contributed by atoms with Crippen molar-refractivity contribution >= 4 is 22.9 Å². The van der Waals surface area contributed by atoms with Crippen molar-refractivity contribution in [3.8, 4) is 16.8 Å². The van der Waals surface area contributed by atoms with Gasteiger partial charge in [0.2, 0.25) is 0 Å². The van der Waals surface area contributed by atoms with Gasteiger partial charge in [-0.3, -0.25) is 9.79 Å². The predicted octanol–water partition coefficient (Wildman–Crippen LogP) is 6.50. The Morgan fingerprint density at radius 3 is 2.42 bits per heavy atom. The molecule has 1 saturated heterocycles. The molecular weight excluding hydrogens is 539 g/mol. The summed E-state index contributed by atoms with van der Waals surface area (Å²) < 4.78 is 22.0. The van der Waals surface area contributed by atoms with Gasteiger partial charge in [0, 0.05) is 79.2 Å². The summed E-state index contributed by atoms with van der Waals surface area (Å²) in [6.45, 7) is 10.8. The lowest BCUT2D eigenvalue weighted by Crippen LogP contribution is -2.44. The van der Waals surface area contributed by atoms with E-state index in [4.69, 9.17) is 4.74 Å². The molecule has 6 nitrogen and oxygen atoms in total. The van der Waals surface area contributed by atoms with Crippen LogP contribution in [0, 0.1) is 5.82 Å². The zero-order valence-electron chi connectivity index (χ0n) is 25.7. The molecule has 0 N–H and O–H groups in total. The summed E-state index contributed by atoms with van der Waals surface area (Å²) in [5.41, 5.74) is 7.81. The van der Waals surface area contributed by atoms with E-state index in [1.54, 1.807) is 7.11 Å². The Balaban J connectivity index is 1.39. The average molecular weight is 581 g/mol. The Bertz CT molecular complexity index is 1650. The molecule has 3 heterocycles. The SMILES string of the molecule is COCC(C)(C)c1c(-c2ccc(C(=O)CCCN3CCN(C)CC3)cc2)c2cc3c(cc2n1-c1ccc(F)cc1)C=NC3. The molecule has 7 heteroatoms. The normalized spacial score (nSPS) is 15.8. The van der Waals surface area contributed by atoms with E-state index in [2.05, 4.69) is 64.5 Å². The minimum absolute atomic E-state index is 0.185. The highest BCUT2D eigenvalue weighted by atomic mass is 19.1. The van der Waals surface area contributed by atoms with Crippen molar-refractivity contribution in [2.75, 3.05) is 53.5 Å². The maximum Gasteiger partial charge on any atom is 0.162 e. The summed E-state index contributed by atoms with van der Waals surface area (Å²) in [4.78, 5) is 22.5. The largest absolute Gasteiger partial charge is 0.384 e. The first-order chi connectivity index (χ1) is 20.7. The molecule has 4 aromatic rings. The van der Waals surface area contributed by atoms with Crippen LogP contribution in [0.25, 0.3) is 27.7 Å². The van der Waals surface area contributed by atoms with E-state index < -0.39 is 0 Å². The van der Waals surface area contributed by atoms with Crippen LogP contribution in [0.4, 0.5) is 4.39 Å². The van der Waals surface area contributed by atoms with Gasteiger partial charge in [-0.1, -0.05) is 38.1 Å². The van der Waals surface area contributed by atoms with E-state index in [9.17, 15) is 9.18 Å². The number of hydrogen-bond acceptors (Lipinski definition) is 5. The van der Waals surface area contributed by atoms with Crippen LogP contribution in [0.2, 0.25) is 0 Å². The first-order valence-electron chi connectivity index (χ1n) is 15.3.